The summed E-state index contributed by atoms with van der Waals surface area (Å²) in [6, 6.07) is 15.0. The van der Waals surface area contributed by atoms with Crippen LogP contribution in [0.5, 0.6) is 5.75 Å². The van der Waals surface area contributed by atoms with Crippen LogP contribution in [0.15, 0.2) is 74.5 Å². The predicted molar refractivity (Wildman–Crippen MR) is 141 cm³/mol. The Kier molecular flexibility index (Phi) is 7.93. The molecule has 0 fully saturated rings. The Morgan fingerprint density at radius 3 is 2.51 bits per heavy atom. The maximum absolute atomic E-state index is 13.6. The molecular weight excluding hydrogens is 480 g/mol. The standard InChI is InChI=1S/C27H28N2O4S2/c1-5-6-15-33-20-11-7-18(8-12-20)16-22-25(30)29-24(19-9-13-21(34-4)14-10-19)23(26(31)32-3)17(2)28-27(29)35-22/h7-14,16,24H,5-6,15H2,1-4H3. The predicted octanol–water partition coefficient (Wildman–Crippen LogP) is 4.31. The summed E-state index contributed by atoms with van der Waals surface area (Å²) in [7, 11) is 1.34. The maximum atomic E-state index is 13.6. The third-order valence-corrected chi connectivity index (χ3v) is 7.53. The molecule has 35 heavy (non-hydrogen) atoms. The number of rotatable bonds is 8. The van der Waals surface area contributed by atoms with Crippen LogP contribution in [0.25, 0.3) is 6.08 Å². The van der Waals surface area contributed by atoms with Crippen LogP contribution in [0.4, 0.5) is 0 Å². The van der Waals surface area contributed by atoms with Gasteiger partial charge in [-0.2, -0.15) is 0 Å². The molecule has 1 atom stereocenters. The molecule has 0 saturated heterocycles. The maximum Gasteiger partial charge on any atom is 0.338 e. The second-order valence-corrected chi connectivity index (χ2v) is 10.0. The van der Waals surface area contributed by atoms with Gasteiger partial charge in [-0.25, -0.2) is 9.79 Å². The number of carbonyl (C=O) groups excluding carboxylic acids is 1. The normalized spacial score (nSPS) is 15.5. The van der Waals surface area contributed by atoms with Crippen molar-refractivity contribution < 1.29 is 14.3 Å². The fourth-order valence-electron chi connectivity index (χ4n) is 3.94. The summed E-state index contributed by atoms with van der Waals surface area (Å²) in [4.78, 5) is 32.6. The number of thioether (sulfide) groups is 1. The number of methoxy groups -OCH3 is 1. The van der Waals surface area contributed by atoms with Gasteiger partial charge in [0.25, 0.3) is 5.56 Å². The van der Waals surface area contributed by atoms with Crippen LogP contribution in [0.3, 0.4) is 0 Å². The second-order valence-electron chi connectivity index (χ2n) is 8.12. The largest absolute Gasteiger partial charge is 0.494 e. The van der Waals surface area contributed by atoms with Crippen LogP contribution in [0.1, 0.15) is 43.9 Å². The number of unbranched alkanes of at least 4 members (excludes halogenated alkanes) is 1. The Morgan fingerprint density at radius 2 is 1.89 bits per heavy atom. The average molecular weight is 509 g/mol. The first-order valence-electron chi connectivity index (χ1n) is 11.4. The Balaban J connectivity index is 1.79. The van der Waals surface area contributed by atoms with Crippen molar-refractivity contribution in [1.29, 1.82) is 0 Å². The summed E-state index contributed by atoms with van der Waals surface area (Å²) in [5.41, 5.74) is 2.46. The van der Waals surface area contributed by atoms with Gasteiger partial charge in [0.15, 0.2) is 4.80 Å². The van der Waals surface area contributed by atoms with Gasteiger partial charge in [0, 0.05) is 4.90 Å². The highest BCUT2D eigenvalue weighted by molar-refractivity contribution is 7.98. The minimum Gasteiger partial charge on any atom is -0.494 e. The molecule has 0 N–H and O–H groups in total. The van der Waals surface area contributed by atoms with E-state index in [1.807, 2.05) is 60.9 Å². The van der Waals surface area contributed by atoms with Gasteiger partial charge in [-0.05, 0) is 61.1 Å². The fourth-order valence-corrected chi connectivity index (χ4v) is 5.40. The van der Waals surface area contributed by atoms with Crippen LogP contribution in [0.2, 0.25) is 0 Å². The fraction of sp³-hybridized carbons (Fsp3) is 0.296. The van der Waals surface area contributed by atoms with Crippen molar-refractivity contribution in [3.05, 3.63) is 90.6 Å². The number of fused-ring (bicyclic) bond motifs is 1. The van der Waals surface area contributed by atoms with Crippen molar-refractivity contribution in [1.82, 2.24) is 4.57 Å². The van der Waals surface area contributed by atoms with E-state index in [1.54, 1.807) is 23.3 Å². The molecule has 3 aromatic rings. The van der Waals surface area contributed by atoms with Crippen LogP contribution >= 0.6 is 23.1 Å². The lowest BCUT2D eigenvalue weighted by atomic mass is 9.96. The zero-order chi connectivity index (χ0) is 24.9. The highest BCUT2D eigenvalue weighted by atomic mass is 32.2. The molecule has 2 aromatic carbocycles. The van der Waals surface area contributed by atoms with Crippen molar-refractivity contribution in [2.75, 3.05) is 20.0 Å². The SMILES string of the molecule is CCCCOc1ccc(C=c2sc3n(c2=O)C(c2ccc(SC)cc2)C(C(=O)OC)=C(C)N=3)cc1. The van der Waals surface area contributed by atoms with Gasteiger partial charge in [0.1, 0.15) is 5.75 Å². The molecule has 0 saturated carbocycles. The number of carbonyl (C=O) groups is 1. The topological polar surface area (TPSA) is 69.9 Å². The first-order valence-corrected chi connectivity index (χ1v) is 13.5. The summed E-state index contributed by atoms with van der Waals surface area (Å²) >= 11 is 2.95. The number of thiazole rings is 1. The van der Waals surface area contributed by atoms with E-state index in [9.17, 15) is 9.59 Å². The Labute approximate surface area is 212 Å². The van der Waals surface area contributed by atoms with Crippen LogP contribution in [0, 0.1) is 0 Å². The number of nitrogens with zero attached hydrogens (tertiary/aromatic N) is 2. The Morgan fingerprint density at radius 1 is 1.17 bits per heavy atom. The lowest BCUT2D eigenvalue weighted by molar-refractivity contribution is -0.136. The smallest absolute Gasteiger partial charge is 0.338 e. The number of esters is 1. The van der Waals surface area contributed by atoms with Crippen molar-refractivity contribution in [3.8, 4) is 5.75 Å². The minimum absolute atomic E-state index is 0.190. The number of benzene rings is 2. The monoisotopic (exact) mass is 508 g/mol. The first-order chi connectivity index (χ1) is 17.0. The average Bonchev–Trinajstić information content (AvgIpc) is 3.18. The lowest BCUT2D eigenvalue weighted by Crippen LogP contribution is -2.39. The van der Waals surface area contributed by atoms with Gasteiger partial charge in [0.2, 0.25) is 0 Å². The molecule has 0 spiro atoms. The summed E-state index contributed by atoms with van der Waals surface area (Å²) < 4.78 is 13.0. The van der Waals surface area contributed by atoms with E-state index in [2.05, 4.69) is 11.9 Å². The van der Waals surface area contributed by atoms with E-state index in [1.165, 1.54) is 18.4 Å². The zero-order valence-corrected chi connectivity index (χ0v) is 21.9. The third kappa shape index (κ3) is 5.28. The van der Waals surface area contributed by atoms with Crippen molar-refractivity contribution >= 4 is 35.1 Å². The van der Waals surface area contributed by atoms with Crippen LogP contribution < -0.4 is 19.6 Å². The zero-order valence-electron chi connectivity index (χ0n) is 20.2. The van der Waals surface area contributed by atoms with Gasteiger partial charge >= 0.3 is 5.97 Å². The highest BCUT2D eigenvalue weighted by Gasteiger charge is 2.33. The Bertz CT molecular complexity index is 1420. The third-order valence-electron chi connectivity index (χ3n) is 5.80. The molecule has 4 rings (SSSR count). The van der Waals surface area contributed by atoms with Gasteiger partial charge in [0.05, 0.1) is 35.6 Å². The molecule has 1 aliphatic heterocycles. The lowest BCUT2D eigenvalue weighted by Gasteiger charge is -2.24. The van der Waals surface area contributed by atoms with E-state index in [-0.39, 0.29) is 5.56 Å². The van der Waals surface area contributed by atoms with Gasteiger partial charge < -0.3 is 9.47 Å². The number of ether oxygens (including phenoxy) is 2. The molecule has 0 aliphatic carbocycles. The molecule has 1 unspecified atom stereocenters. The van der Waals surface area contributed by atoms with Crippen LogP contribution in [-0.4, -0.2) is 30.5 Å². The van der Waals surface area contributed by atoms with Gasteiger partial charge in [-0.1, -0.05) is 48.9 Å². The van der Waals surface area contributed by atoms with E-state index in [0.717, 1.165) is 34.6 Å². The molecule has 2 heterocycles. The molecule has 8 heteroatoms. The van der Waals surface area contributed by atoms with E-state index >= 15 is 0 Å². The first kappa shape index (κ1) is 25.0. The van der Waals surface area contributed by atoms with Gasteiger partial charge in [-0.3, -0.25) is 9.36 Å². The number of allylic oxidation sites excluding steroid dienone is 1. The second kappa shape index (κ2) is 11.1. The minimum atomic E-state index is -0.605. The molecule has 1 aromatic heterocycles. The number of aromatic nitrogens is 1. The van der Waals surface area contributed by atoms with Gasteiger partial charge in [-0.15, -0.1) is 11.8 Å². The van der Waals surface area contributed by atoms with Crippen molar-refractivity contribution in [2.24, 2.45) is 4.99 Å². The molecule has 0 amide bonds. The molecule has 182 valence electrons. The quantitative estimate of drug-likeness (QED) is 0.258. The summed E-state index contributed by atoms with van der Waals surface area (Å²) in [6.07, 6.45) is 5.95. The highest BCUT2D eigenvalue weighted by Crippen LogP contribution is 2.31. The number of hydrogen-bond donors (Lipinski definition) is 0. The Hall–Kier alpha value is -3.10. The molecule has 0 bridgehead atoms. The summed E-state index contributed by atoms with van der Waals surface area (Å²) in [5, 5.41) is 0. The summed E-state index contributed by atoms with van der Waals surface area (Å²) in [5.74, 6) is 0.322. The van der Waals surface area contributed by atoms with Crippen LogP contribution in [-0.2, 0) is 9.53 Å². The summed E-state index contributed by atoms with van der Waals surface area (Å²) in [6.45, 7) is 4.60. The van der Waals surface area contributed by atoms with E-state index in [4.69, 9.17) is 9.47 Å². The number of hydrogen-bond acceptors (Lipinski definition) is 7. The molecule has 1 aliphatic rings. The van der Waals surface area contributed by atoms with E-state index in [0.29, 0.717) is 27.2 Å². The van der Waals surface area contributed by atoms with Crippen molar-refractivity contribution in [3.63, 3.8) is 0 Å². The van der Waals surface area contributed by atoms with Crippen molar-refractivity contribution in [2.45, 2.75) is 37.6 Å². The molecule has 0 radical (unpaired) electrons. The molecular formula is C27H28N2O4S2. The van der Waals surface area contributed by atoms with E-state index < -0.39 is 12.0 Å². The molecule has 6 nitrogen and oxygen atoms in total.